The number of hydrogen-bond acceptors (Lipinski definition) is 3. The van der Waals surface area contributed by atoms with Crippen LogP contribution in [0, 0.1) is 28.6 Å². The SMILES string of the molecule is COC(=O)C[C@H](C)CC[C@H]1[C@]2(C)CCCC(C)(C)[C@H]2CC[C@]1(C)O. The van der Waals surface area contributed by atoms with Gasteiger partial charge in [0.1, 0.15) is 0 Å². The fourth-order valence-corrected chi connectivity index (χ4v) is 6.19. The van der Waals surface area contributed by atoms with Crippen LogP contribution in [0.15, 0.2) is 0 Å². The number of aliphatic hydroxyl groups is 1. The van der Waals surface area contributed by atoms with Crippen molar-refractivity contribution in [3.8, 4) is 0 Å². The highest BCUT2D eigenvalue weighted by atomic mass is 16.5. The summed E-state index contributed by atoms with van der Waals surface area (Å²) in [6, 6.07) is 0. The van der Waals surface area contributed by atoms with E-state index in [-0.39, 0.29) is 11.4 Å². The fourth-order valence-electron chi connectivity index (χ4n) is 6.19. The second-order valence-electron chi connectivity index (χ2n) is 9.81. The van der Waals surface area contributed by atoms with E-state index in [2.05, 4.69) is 27.7 Å². The second-order valence-corrected chi connectivity index (χ2v) is 9.81. The van der Waals surface area contributed by atoms with Crippen LogP contribution in [0.1, 0.15) is 86.0 Å². The Hall–Kier alpha value is -0.570. The molecule has 0 heterocycles. The van der Waals surface area contributed by atoms with Crippen molar-refractivity contribution in [2.45, 2.75) is 91.6 Å². The van der Waals surface area contributed by atoms with Gasteiger partial charge in [0.05, 0.1) is 12.7 Å². The lowest BCUT2D eigenvalue weighted by Crippen LogP contribution is -2.57. The van der Waals surface area contributed by atoms with Crippen LogP contribution in [0.5, 0.6) is 0 Å². The summed E-state index contributed by atoms with van der Waals surface area (Å²) in [5, 5.41) is 11.2. The molecule has 0 aromatic rings. The predicted octanol–water partition coefficient (Wildman–Crippen LogP) is 4.96. The lowest BCUT2D eigenvalue weighted by atomic mass is 9.45. The first-order chi connectivity index (χ1) is 11.0. The van der Waals surface area contributed by atoms with Gasteiger partial charge < -0.3 is 9.84 Å². The molecule has 0 aromatic heterocycles. The molecule has 0 bridgehead atoms. The average molecular weight is 339 g/mol. The molecule has 5 atom stereocenters. The number of hydrogen-bond donors (Lipinski definition) is 1. The first kappa shape index (κ1) is 19.8. The van der Waals surface area contributed by atoms with Crippen LogP contribution in [0.3, 0.4) is 0 Å². The molecule has 2 rings (SSSR count). The minimum Gasteiger partial charge on any atom is -0.469 e. The fraction of sp³-hybridized carbons (Fsp3) is 0.952. The van der Waals surface area contributed by atoms with Crippen molar-refractivity contribution in [2.75, 3.05) is 7.11 Å². The van der Waals surface area contributed by atoms with Gasteiger partial charge in [0, 0.05) is 6.42 Å². The van der Waals surface area contributed by atoms with Crippen molar-refractivity contribution in [2.24, 2.45) is 28.6 Å². The molecule has 140 valence electrons. The summed E-state index contributed by atoms with van der Waals surface area (Å²) >= 11 is 0. The highest BCUT2D eigenvalue weighted by molar-refractivity contribution is 5.69. The van der Waals surface area contributed by atoms with E-state index in [0.29, 0.717) is 29.6 Å². The molecule has 2 aliphatic carbocycles. The van der Waals surface area contributed by atoms with Gasteiger partial charge in [-0.1, -0.05) is 34.1 Å². The Kier molecular flexibility index (Phi) is 5.74. The standard InChI is InChI=1S/C21H38O3/c1-15(14-18(22)24-6)8-9-17-20(4)12-7-11-19(2,3)16(20)10-13-21(17,5)23/h15-17,23H,7-14H2,1-6H3/t15-,16-,17+,20-,21+/m1/s1. The van der Waals surface area contributed by atoms with Crippen LogP contribution in [0.25, 0.3) is 0 Å². The minimum absolute atomic E-state index is 0.124. The number of rotatable bonds is 5. The monoisotopic (exact) mass is 338 g/mol. The summed E-state index contributed by atoms with van der Waals surface area (Å²) < 4.78 is 4.80. The molecule has 0 aliphatic heterocycles. The zero-order chi connectivity index (χ0) is 18.2. The van der Waals surface area contributed by atoms with E-state index < -0.39 is 5.60 Å². The van der Waals surface area contributed by atoms with Gasteiger partial charge in [0.25, 0.3) is 0 Å². The van der Waals surface area contributed by atoms with E-state index in [4.69, 9.17) is 4.74 Å². The van der Waals surface area contributed by atoms with Crippen LogP contribution >= 0.6 is 0 Å². The molecule has 0 unspecified atom stereocenters. The Bertz CT molecular complexity index is 454. The largest absolute Gasteiger partial charge is 0.469 e. The molecule has 24 heavy (non-hydrogen) atoms. The third kappa shape index (κ3) is 3.81. The smallest absolute Gasteiger partial charge is 0.305 e. The molecule has 0 spiro atoms. The molecule has 3 nitrogen and oxygen atoms in total. The Balaban J connectivity index is 2.13. The van der Waals surface area contributed by atoms with Gasteiger partial charge in [-0.2, -0.15) is 0 Å². The summed E-state index contributed by atoms with van der Waals surface area (Å²) in [7, 11) is 1.46. The summed E-state index contributed by atoms with van der Waals surface area (Å²) in [4.78, 5) is 11.5. The van der Waals surface area contributed by atoms with Crippen molar-refractivity contribution in [3.05, 3.63) is 0 Å². The Morgan fingerprint density at radius 3 is 2.50 bits per heavy atom. The maximum Gasteiger partial charge on any atom is 0.305 e. The molecule has 2 saturated carbocycles. The van der Waals surface area contributed by atoms with E-state index in [1.54, 1.807) is 0 Å². The zero-order valence-corrected chi connectivity index (χ0v) is 16.7. The van der Waals surface area contributed by atoms with E-state index in [1.807, 2.05) is 6.92 Å². The molecule has 0 radical (unpaired) electrons. The molecule has 2 fully saturated rings. The van der Waals surface area contributed by atoms with Gasteiger partial charge in [-0.05, 0) is 74.0 Å². The number of ether oxygens (including phenoxy) is 1. The number of carbonyl (C=O) groups is 1. The average Bonchev–Trinajstić information content (AvgIpc) is 2.44. The van der Waals surface area contributed by atoms with Crippen LogP contribution in [0.4, 0.5) is 0 Å². The van der Waals surface area contributed by atoms with Crippen LogP contribution in [0.2, 0.25) is 0 Å². The van der Waals surface area contributed by atoms with E-state index in [1.165, 1.54) is 26.4 Å². The third-order valence-electron chi connectivity index (χ3n) is 7.45. The van der Waals surface area contributed by atoms with Crippen molar-refractivity contribution in [3.63, 3.8) is 0 Å². The van der Waals surface area contributed by atoms with E-state index in [0.717, 1.165) is 25.7 Å². The van der Waals surface area contributed by atoms with Gasteiger partial charge in [-0.3, -0.25) is 4.79 Å². The number of fused-ring (bicyclic) bond motifs is 1. The van der Waals surface area contributed by atoms with Gasteiger partial charge in [0.2, 0.25) is 0 Å². The lowest BCUT2D eigenvalue weighted by Gasteiger charge is -2.61. The molecule has 1 N–H and O–H groups in total. The number of esters is 1. The zero-order valence-electron chi connectivity index (χ0n) is 16.7. The molecule has 0 amide bonds. The maximum atomic E-state index is 11.5. The van der Waals surface area contributed by atoms with Crippen LogP contribution in [-0.4, -0.2) is 23.8 Å². The lowest BCUT2D eigenvalue weighted by molar-refractivity contribution is -0.170. The van der Waals surface area contributed by atoms with Crippen LogP contribution in [-0.2, 0) is 9.53 Å². The number of carbonyl (C=O) groups excluding carboxylic acids is 1. The summed E-state index contributed by atoms with van der Waals surface area (Å²) in [6.45, 7) is 11.4. The van der Waals surface area contributed by atoms with Crippen molar-refractivity contribution in [1.29, 1.82) is 0 Å². The normalized spacial score (nSPS) is 39.8. The van der Waals surface area contributed by atoms with E-state index >= 15 is 0 Å². The van der Waals surface area contributed by atoms with Gasteiger partial charge in [-0.15, -0.1) is 0 Å². The van der Waals surface area contributed by atoms with E-state index in [9.17, 15) is 9.90 Å². The number of methoxy groups -OCH3 is 1. The quantitative estimate of drug-likeness (QED) is 0.721. The maximum absolute atomic E-state index is 11.5. The molecule has 0 aromatic carbocycles. The Morgan fingerprint density at radius 1 is 1.21 bits per heavy atom. The summed E-state index contributed by atoms with van der Waals surface area (Å²) in [5.74, 6) is 1.21. The minimum atomic E-state index is -0.580. The summed E-state index contributed by atoms with van der Waals surface area (Å²) in [6.07, 6.45) is 8.33. The Morgan fingerprint density at radius 2 is 1.88 bits per heavy atom. The Labute approximate surface area is 148 Å². The van der Waals surface area contributed by atoms with Crippen molar-refractivity contribution < 1.29 is 14.6 Å². The predicted molar refractivity (Wildman–Crippen MR) is 97.6 cm³/mol. The molecular weight excluding hydrogens is 300 g/mol. The first-order valence-electron chi connectivity index (χ1n) is 9.82. The highest BCUT2D eigenvalue weighted by Crippen LogP contribution is 2.63. The van der Waals surface area contributed by atoms with Crippen LogP contribution < -0.4 is 0 Å². The summed E-state index contributed by atoms with van der Waals surface area (Å²) in [5.41, 5.74) is 0.0114. The van der Waals surface area contributed by atoms with Crippen molar-refractivity contribution in [1.82, 2.24) is 0 Å². The first-order valence-corrected chi connectivity index (χ1v) is 9.82. The highest BCUT2D eigenvalue weighted by Gasteiger charge is 2.57. The molecule has 0 saturated heterocycles. The van der Waals surface area contributed by atoms with Gasteiger partial charge >= 0.3 is 5.97 Å². The second kappa shape index (κ2) is 6.97. The van der Waals surface area contributed by atoms with Gasteiger partial charge in [0.15, 0.2) is 0 Å². The topological polar surface area (TPSA) is 46.5 Å². The molecule has 3 heteroatoms. The van der Waals surface area contributed by atoms with Gasteiger partial charge in [-0.25, -0.2) is 0 Å². The molecule has 2 aliphatic rings. The van der Waals surface area contributed by atoms with Crippen molar-refractivity contribution >= 4 is 5.97 Å². The molecular formula is C21H38O3. The third-order valence-corrected chi connectivity index (χ3v) is 7.45.